The number of allylic oxidation sites excluding steroid dienone is 1. The molecule has 0 fully saturated rings. The monoisotopic (exact) mass is 688 g/mol. The lowest BCUT2D eigenvalue weighted by Crippen LogP contribution is -2.44. The molecular weight excluding hydrogens is 658 g/mol. The SMILES string of the molecule is COC(=O)NC(CCC=CC(=O)N(C)C)C(=O)Nc1cccn(Cc2nc3c(CC(C(F)(F)F)C(F)(F)F)cccc3n2C(=O)O)c1=O. The minimum atomic E-state index is -5.65. The van der Waals surface area contributed by atoms with Gasteiger partial charge in [-0.1, -0.05) is 18.2 Å². The summed E-state index contributed by atoms with van der Waals surface area (Å²) < 4.78 is 85.7. The van der Waals surface area contributed by atoms with E-state index in [0.29, 0.717) is 4.57 Å². The van der Waals surface area contributed by atoms with Crippen LogP contribution in [-0.4, -0.2) is 87.7 Å². The summed E-state index contributed by atoms with van der Waals surface area (Å²) in [5.41, 5.74) is -2.49. The molecule has 3 N–H and O–H groups in total. The maximum Gasteiger partial charge on any atom is 0.417 e. The minimum Gasteiger partial charge on any atom is -0.464 e. The third-order valence-corrected chi connectivity index (χ3v) is 6.95. The number of carboxylic acid groups (broad SMARTS) is 1. The molecule has 0 aliphatic heterocycles. The zero-order valence-corrected chi connectivity index (χ0v) is 25.6. The number of nitrogens with one attached hydrogen (secondary N) is 2. The van der Waals surface area contributed by atoms with Gasteiger partial charge in [-0.2, -0.15) is 26.3 Å². The third kappa shape index (κ3) is 9.13. The van der Waals surface area contributed by atoms with Gasteiger partial charge in [-0.15, -0.1) is 0 Å². The number of hydrogen-bond acceptors (Lipinski definition) is 7. The van der Waals surface area contributed by atoms with Crippen LogP contribution in [0.25, 0.3) is 11.0 Å². The lowest BCUT2D eigenvalue weighted by molar-refractivity contribution is -0.283. The number of ether oxygens (including phenoxy) is 1. The lowest BCUT2D eigenvalue weighted by atomic mass is 9.97. The van der Waals surface area contributed by atoms with Gasteiger partial charge in [0.15, 0.2) is 5.92 Å². The quantitative estimate of drug-likeness (QED) is 0.200. The van der Waals surface area contributed by atoms with Crippen molar-refractivity contribution in [1.29, 1.82) is 0 Å². The average molecular weight is 689 g/mol. The van der Waals surface area contributed by atoms with Crippen LogP contribution in [0.4, 0.5) is 41.6 Å². The Morgan fingerprint density at radius 1 is 1.06 bits per heavy atom. The molecule has 48 heavy (non-hydrogen) atoms. The summed E-state index contributed by atoms with van der Waals surface area (Å²) in [6, 6.07) is 4.45. The summed E-state index contributed by atoms with van der Waals surface area (Å²) in [4.78, 5) is 67.4. The first-order chi connectivity index (χ1) is 22.3. The molecule has 2 aromatic heterocycles. The molecule has 1 aromatic carbocycles. The van der Waals surface area contributed by atoms with Gasteiger partial charge < -0.3 is 29.9 Å². The molecule has 0 spiro atoms. The van der Waals surface area contributed by atoms with E-state index in [1.165, 1.54) is 49.5 Å². The van der Waals surface area contributed by atoms with Crippen LogP contribution in [0.1, 0.15) is 24.2 Å². The summed E-state index contributed by atoms with van der Waals surface area (Å²) >= 11 is 0. The van der Waals surface area contributed by atoms with E-state index in [9.17, 15) is 55.4 Å². The van der Waals surface area contributed by atoms with Crippen LogP contribution in [0.15, 0.2) is 53.5 Å². The van der Waals surface area contributed by atoms with Crippen LogP contribution < -0.4 is 16.2 Å². The Hall–Kier alpha value is -5.36. The fourth-order valence-corrected chi connectivity index (χ4v) is 4.52. The average Bonchev–Trinajstić information content (AvgIpc) is 3.36. The van der Waals surface area contributed by atoms with E-state index >= 15 is 0 Å². The van der Waals surface area contributed by atoms with E-state index in [0.717, 1.165) is 29.9 Å². The molecular formula is C29H30F6N6O7. The minimum absolute atomic E-state index is 0.0202. The molecule has 13 nitrogen and oxygen atoms in total. The number of para-hydroxylation sites is 1. The first-order valence-electron chi connectivity index (χ1n) is 13.9. The summed E-state index contributed by atoms with van der Waals surface area (Å²) in [5, 5.41) is 14.5. The number of alkyl carbamates (subject to hydrolysis) is 1. The number of likely N-dealkylation sites (N-methyl/N-ethyl adjacent to an activating group) is 1. The highest BCUT2D eigenvalue weighted by atomic mass is 19.4. The number of alkyl halides is 6. The maximum atomic E-state index is 13.3. The van der Waals surface area contributed by atoms with Gasteiger partial charge in [0, 0.05) is 20.3 Å². The molecule has 2 heterocycles. The molecule has 3 amide bonds. The van der Waals surface area contributed by atoms with Crippen LogP contribution in [0.3, 0.4) is 0 Å². The number of amides is 3. The molecule has 19 heteroatoms. The van der Waals surface area contributed by atoms with Gasteiger partial charge in [-0.3, -0.25) is 14.4 Å². The zero-order valence-electron chi connectivity index (χ0n) is 25.6. The molecule has 0 saturated heterocycles. The van der Waals surface area contributed by atoms with Crippen molar-refractivity contribution in [2.24, 2.45) is 5.92 Å². The molecule has 1 atom stereocenters. The number of rotatable bonds is 11. The second-order valence-electron chi connectivity index (χ2n) is 10.5. The fraction of sp³-hybridized carbons (Fsp3) is 0.379. The van der Waals surface area contributed by atoms with Gasteiger partial charge in [0.1, 0.15) is 17.6 Å². The first-order valence-corrected chi connectivity index (χ1v) is 13.9. The second-order valence-corrected chi connectivity index (χ2v) is 10.5. The standard InChI is InChI=1S/C29H30F6N6O7/c1-39(2)22(42)12-5-4-9-17(37-26(45)48-3)24(43)36-18-10-7-13-40(25(18)44)15-21-38-23-16(8-6-11-19(23)41(21)27(46)47)14-20(28(30,31)32)29(33,34)35/h5-8,10-13,17,20H,4,9,14-15H2,1-3H3,(H,36,43)(H,37,45)(H,46,47). The Morgan fingerprint density at radius 2 is 1.73 bits per heavy atom. The predicted molar refractivity (Wildman–Crippen MR) is 157 cm³/mol. The number of halogens is 6. The summed E-state index contributed by atoms with van der Waals surface area (Å²) in [7, 11) is 4.14. The molecule has 260 valence electrons. The van der Waals surface area contributed by atoms with Crippen molar-refractivity contribution in [3.8, 4) is 0 Å². The van der Waals surface area contributed by atoms with E-state index in [2.05, 4.69) is 20.4 Å². The number of benzene rings is 1. The highest BCUT2D eigenvalue weighted by Crippen LogP contribution is 2.42. The summed E-state index contributed by atoms with van der Waals surface area (Å²) in [6.07, 6.45) is -11.4. The molecule has 3 aromatic rings. The molecule has 0 bridgehead atoms. The van der Waals surface area contributed by atoms with Crippen LogP contribution in [0.5, 0.6) is 0 Å². The van der Waals surface area contributed by atoms with Crippen molar-refractivity contribution < 1.29 is 55.4 Å². The van der Waals surface area contributed by atoms with Crippen molar-refractivity contribution >= 4 is 40.7 Å². The van der Waals surface area contributed by atoms with E-state index in [1.54, 1.807) is 0 Å². The zero-order chi connectivity index (χ0) is 36.0. The van der Waals surface area contributed by atoms with Crippen molar-refractivity contribution in [2.45, 2.75) is 44.2 Å². The van der Waals surface area contributed by atoms with Gasteiger partial charge >= 0.3 is 24.5 Å². The van der Waals surface area contributed by atoms with E-state index < -0.39 is 77.8 Å². The maximum absolute atomic E-state index is 13.3. The largest absolute Gasteiger partial charge is 0.464 e. The normalized spacial score (nSPS) is 12.7. The number of nitrogens with zero attached hydrogens (tertiary/aromatic N) is 4. The molecule has 0 saturated carbocycles. The van der Waals surface area contributed by atoms with Crippen LogP contribution >= 0.6 is 0 Å². The lowest BCUT2D eigenvalue weighted by Gasteiger charge is -2.23. The summed E-state index contributed by atoms with van der Waals surface area (Å²) in [6.45, 7) is -0.626. The number of imidazole rings is 1. The fourth-order valence-electron chi connectivity index (χ4n) is 4.52. The van der Waals surface area contributed by atoms with Gasteiger partial charge in [0.05, 0.1) is 24.7 Å². The first kappa shape index (κ1) is 37.1. The number of carbonyl (C=O) groups excluding carboxylic acids is 3. The number of carbonyl (C=O) groups is 4. The van der Waals surface area contributed by atoms with Crippen LogP contribution in [0.2, 0.25) is 0 Å². The van der Waals surface area contributed by atoms with Crippen molar-refractivity contribution in [3.05, 3.63) is 70.4 Å². The molecule has 0 radical (unpaired) electrons. The van der Waals surface area contributed by atoms with Crippen LogP contribution in [-0.2, 0) is 27.3 Å². The number of methoxy groups -OCH3 is 1. The highest BCUT2D eigenvalue weighted by Gasteiger charge is 2.56. The van der Waals surface area contributed by atoms with Crippen molar-refractivity contribution in [2.75, 3.05) is 26.5 Å². The van der Waals surface area contributed by atoms with Crippen molar-refractivity contribution in [1.82, 2.24) is 24.3 Å². The van der Waals surface area contributed by atoms with Gasteiger partial charge in [-0.25, -0.2) is 19.1 Å². The van der Waals surface area contributed by atoms with E-state index in [1.807, 2.05) is 0 Å². The number of pyridine rings is 1. The van der Waals surface area contributed by atoms with Gasteiger partial charge in [0.2, 0.25) is 11.8 Å². The van der Waals surface area contributed by atoms with Gasteiger partial charge in [0.25, 0.3) is 5.56 Å². The highest BCUT2D eigenvalue weighted by molar-refractivity contribution is 5.96. The van der Waals surface area contributed by atoms with E-state index in [-0.39, 0.29) is 30.0 Å². The Morgan fingerprint density at radius 3 is 2.31 bits per heavy atom. The number of hydrogen-bond donors (Lipinski definition) is 3. The summed E-state index contributed by atoms with van der Waals surface area (Å²) in [5.74, 6) is -5.34. The predicted octanol–water partition coefficient (Wildman–Crippen LogP) is 4.14. The number of aromatic nitrogens is 3. The third-order valence-electron chi connectivity index (χ3n) is 6.95. The van der Waals surface area contributed by atoms with Gasteiger partial charge in [-0.05, 0) is 49.1 Å². The number of anilines is 1. The Balaban J connectivity index is 1.93. The van der Waals surface area contributed by atoms with Crippen molar-refractivity contribution in [3.63, 3.8) is 0 Å². The Kier molecular flexibility index (Phi) is 11.6. The topological polar surface area (TPSA) is 165 Å². The van der Waals surface area contributed by atoms with Crippen LogP contribution in [0, 0.1) is 5.92 Å². The molecule has 1 unspecified atom stereocenters. The molecule has 0 aliphatic rings. The smallest absolute Gasteiger partial charge is 0.417 e. The second kappa shape index (κ2) is 15.0. The Bertz CT molecular complexity index is 1750. The molecule has 3 rings (SSSR count). The van der Waals surface area contributed by atoms with E-state index in [4.69, 9.17) is 0 Å². The molecule has 0 aliphatic carbocycles. The Labute approximate surface area is 267 Å². The number of fused-ring (bicyclic) bond motifs is 1.